The Morgan fingerprint density at radius 1 is 1.40 bits per heavy atom. The standard InChI is InChI=1S/C11H21N3O/c1-10(2)7-4-5-11(3,6-7)8(10)13-14-9(12)15/h7-8,13H,4-6H2,1-3H3,(H3,12,14,15). The van der Waals surface area contributed by atoms with E-state index in [1.807, 2.05) is 0 Å². The maximum atomic E-state index is 10.7. The molecule has 2 aliphatic rings. The van der Waals surface area contributed by atoms with E-state index in [1.165, 1.54) is 19.3 Å². The number of primary amides is 1. The second kappa shape index (κ2) is 3.11. The summed E-state index contributed by atoms with van der Waals surface area (Å²) >= 11 is 0. The molecule has 2 bridgehead atoms. The Morgan fingerprint density at radius 3 is 2.53 bits per heavy atom. The van der Waals surface area contributed by atoms with Crippen LogP contribution in [0.2, 0.25) is 0 Å². The van der Waals surface area contributed by atoms with Crippen molar-refractivity contribution in [3.63, 3.8) is 0 Å². The molecule has 3 unspecified atom stereocenters. The van der Waals surface area contributed by atoms with Gasteiger partial charge in [-0.25, -0.2) is 10.2 Å². The summed E-state index contributed by atoms with van der Waals surface area (Å²) in [7, 11) is 0. The molecule has 0 aromatic heterocycles. The highest BCUT2D eigenvalue weighted by Gasteiger charge is 2.59. The molecule has 4 heteroatoms. The fourth-order valence-corrected chi connectivity index (χ4v) is 3.81. The Hall–Kier alpha value is -0.770. The molecule has 2 rings (SSSR count). The van der Waals surface area contributed by atoms with Gasteiger partial charge in [-0.2, -0.15) is 0 Å². The van der Waals surface area contributed by atoms with Crippen molar-refractivity contribution < 1.29 is 4.79 Å². The van der Waals surface area contributed by atoms with Gasteiger partial charge in [0.25, 0.3) is 0 Å². The first kappa shape index (κ1) is 10.7. The maximum Gasteiger partial charge on any atom is 0.326 e. The molecule has 0 aromatic rings. The van der Waals surface area contributed by atoms with Crippen LogP contribution in [0, 0.1) is 16.7 Å². The van der Waals surface area contributed by atoms with Crippen LogP contribution in [0.15, 0.2) is 0 Å². The second-order valence-electron chi connectivity index (χ2n) is 5.98. The van der Waals surface area contributed by atoms with Gasteiger partial charge in [-0.15, -0.1) is 0 Å². The normalized spacial score (nSPS) is 41.8. The molecule has 2 aliphatic carbocycles. The number of carbonyl (C=O) groups is 1. The van der Waals surface area contributed by atoms with E-state index in [4.69, 9.17) is 5.73 Å². The molecular formula is C11H21N3O. The van der Waals surface area contributed by atoms with Crippen molar-refractivity contribution in [3.05, 3.63) is 0 Å². The van der Waals surface area contributed by atoms with Crippen LogP contribution >= 0.6 is 0 Å². The van der Waals surface area contributed by atoms with Gasteiger partial charge in [-0.1, -0.05) is 20.8 Å². The molecule has 0 radical (unpaired) electrons. The molecule has 0 spiro atoms. The minimum atomic E-state index is -0.503. The number of fused-ring (bicyclic) bond motifs is 2. The summed E-state index contributed by atoms with van der Waals surface area (Å²) in [5, 5.41) is 0. The Morgan fingerprint density at radius 2 is 2.07 bits per heavy atom. The van der Waals surface area contributed by atoms with E-state index in [1.54, 1.807) is 0 Å². The number of hydrogen-bond acceptors (Lipinski definition) is 2. The van der Waals surface area contributed by atoms with Gasteiger partial charge >= 0.3 is 6.03 Å². The molecule has 0 aliphatic heterocycles. The lowest BCUT2D eigenvalue weighted by Gasteiger charge is -2.42. The Kier molecular flexibility index (Phi) is 2.23. The van der Waals surface area contributed by atoms with Crippen molar-refractivity contribution in [3.8, 4) is 0 Å². The molecule has 0 aromatic carbocycles. The molecule has 2 saturated carbocycles. The van der Waals surface area contributed by atoms with Crippen LogP contribution in [0.3, 0.4) is 0 Å². The molecule has 0 heterocycles. The fourth-order valence-electron chi connectivity index (χ4n) is 3.81. The molecule has 4 N–H and O–H groups in total. The van der Waals surface area contributed by atoms with Crippen molar-refractivity contribution in [1.29, 1.82) is 0 Å². The average molecular weight is 211 g/mol. The van der Waals surface area contributed by atoms with Crippen LogP contribution < -0.4 is 16.6 Å². The maximum absolute atomic E-state index is 10.7. The predicted molar refractivity (Wildman–Crippen MR) is 58.9 cm³/mol. The zero-order valence-corrected chi connectivity index (χ0v) is 9.76. The van der Waals surface area contributed by atoms with Crippen LogP contribution in [-0.2, 0) is 0 Å². The average Bonchev–Trinajstić information content (AvgIpc) is 2.54. The molecule has 3 atom stereocenters. The minimum Gasteiger partial charge on any atom is -0.351 e. The molecule has 86 valence electrons. The first-order valence-corrected chi connectivity index (χ1v) is 5.67. The van der Waals surface area contributed by atoms with Gasteiger partial charge < -0.3 is 5.73 Å². The highest BCUT2D eigenvalue weighted by Crippen LogP contribution is 2.62. The van der Waals surface area contributed by atoms with Gasteiger partial charge in [0.1, 0.15) is 0 Å². The third-order valence-electron chi connectivity index (χ3n) is 4.61. The summed E-state index contributed by atoms with van der Waals surface area (Å²) in [6.45, 7) is 6.87. The van der Waals surface area contributed by atoms with E-state index in [0.717, 1.165) is 5.92 Å². The highest BCUT2D eigenvalue weighted by atomic mass is 16.2. The third kappa shape index (κ3) is 1.51. The SMILES string of the molecule is CC12CCC(C1)C(C)(C)C2NNC(N)=O. The lowest BCUT2D eigenvalue weighted by atomic mass is 9.69. The summed E-state index contributed by atoms with van der Waals surface area (Å²) in [4.78, 5) is 10.7. The predicted octanol–water partition coefficient (Wildman–Crippen LogP) is 1.37. The van der Waals surface area contributed by atoms with E-state index in [9.17, 15) is 4.79 Å². The van der Waals surface area contributed by atoms with Gasteiger partial charge in [0.05, 0.1) is 0 Å². The van der Waals surface area contributed by atoms with Crippen LogP contribution in [0.25, 0.3) is 0 Å². The molecular weight excluding hydrogens is 190 g/mol. The fraction of sp³-hybridized carbons (Fsp3) is 0.909. The molecule has 4 nitrogen and oxygen atoms in total. The van der Waals surface area contributed by atoms with E-state index in [0.29, 0.717) is 11.5 Å². The minimum absolute atomic E-state index is 0.245. The number of urea groups is 1. The lowest BCUT2D eigenvalue weighted by molar-refractivity contribution is 0.0997. The molecule has 15 heavy (non-hydrogen) atoms. The number of carbonyl (C=O) groups excluding carboxylic acids is 1. The highest BCUT2D eigenvalue weighted by molar-refractivity contribution is 5.71. The molecule has 2 fully saturated rings. The first-order valence-electron chi connectivity index (χ1n) is 5.67. The van der Waals surface area contributed by atoms with E-state index < -0.39 is 6.03 Å². The number of hydrazine groups is 1. The van der Waals surface area contributed by atoms with Gasteiger partial charge in [-0.3, -0.25) is 5.43 Å². The van der Waals surface area contributed by atoms with Crippen LogP contribution in [-0.4, -0.2) is 12.1 Å². The number of nitrogens with one attached hydrogen (secondary N) is 2. The van der Waals surface area contributed by atoms with Crippen molar-refractivity contribution in [2.24, 2.45) is 22.5 Å². The third-order valence-corrected chi connectivity index (χ3v) is 4.61. The summed E-state index contributed by atoms with van der Waals surface area (Å²) < 4.78 is 0. The van der Waals surface area contributed by atoms with Crippen LogP contribution in [0.4, 0.5) is 4.79 Å². The van der Waals surface area contributed by atoms with Crippen molar-refractivity contribution >= 4 is 6.03 Å². The van der Waals surface area contributed by atoms with Gasteiger partial charge in [0, 0.05) is 6.04 Å². The second-order valence-corrected chi connectivity index (χ2v) is 5.98. The molecule has 2 amide bonds. The Bertz CT molecular complexity index is 285. The van der Waals surface area contributed by atoms with E-state index in [-0.39, 0.29) is 5.41 Å². The molecule has 0 saturated heterocycles. The Balaban J connectivity index is 2.12. The van der Waals surface area contributed by atoms with Gasteiger partial charge in [0.2, 0.25) is 0 Å². The summed E-state index contributed by atoms with van der Waals surface area (Å²) in [6.07, 6.45) is 3.83. The van der Waals surface area contributed by atoms with Crippen LogP contribution in [0.5, 0.6) is 0 Å². The quantitative estimate of drug-likeness (QED) is 0.604. The summed E-state index contributed by atoms with van der Waals surface area (Å²) in [5.41, 5.74) is 11.3. The largest absolute Gasteiger partial charge is 0.351 e. The van der Waals surface area contributed by atoms with Crippen molar-refractivity contribution in [1.82, 2.24) is 10.9 Å². The van der Waals surface area contributed by atoms with E-state index >= 15 is 0 Å². The van der Waals surface area contributed by atoms with E-state index in [2.05, 4.69) is 31.6 Å². The first-order chi connectivity index (χ1) is 6.86. The number of rotatable bonds is 2. The monoisotopic (exact) mass is 211 g/mol. The van der Waals surface area contributed by atoms with Crippen LogP contribution in [0.1, 0.15) is 40.0 Å². The lowest BCUT2D eigenvalue weighted by Crippen LogP contribution is -2.57. The zero-order chi connectivity index (χ0) is 11.3. The van der Waals surface area contributed by atoms with Crippen molar-refractivity contribution in [2.45, 2.75) is 46.1 Å². The number of hydrogen-bond donors (Lipinski definition) is 3. The summed E-state index contributed by atoms with van der Waals surface area (Å²) in [5.74, 6) is 0.773. The van der Waals surface area contributed by atoms with Gasteiger partial charge in [0.15, 0.2) is 0 Å². The topological polar surface area (TPSA) is 67.2 Å². The Labute approximate surface area is 90.9 Å². The summed E-state index contributed by atoms with van der Waals surface area (Å²) in [6, 6.07) is -0.173. The smallest absolute Gasteiger partial charge is 0.326 e. The van der Waals surface area contributed by atoms with Crippen molar-refractivity contribution in [2.75, 3.05) is 0 Å². The number of nitrogens with two attached hydrogens (primary N) is 1. The zero-order valence-electron chi connectivity index (χ0n) is 9.76. The number of amides is 2. The van der Waals surface area contributed by atoms with Gasteiger partial charge in [-0.05, 0) is 36.0 Å².